The number of nitrogens with zero attached hydrogens (tertiary/aromatic N) is 3. The molecule has 2 aromatic carbocycles. The van der Waals surface area contributed by atoms with Gasteiger partial charge in [-0.2, -0.15) is 0 Å². The van der Waals surface area contributed by atoms with Gasteiger partial charge in [-0.25, -0.2) is 4.98 Å². The van der Waals surface area contributed by atoms with Crippen LogP contribution in [0.4, 0.5) is 11.5 Å². The molecule has 30 heavy (non-hydrogen) atoms. The first kappa shape index (κ1) is 18.9. The Morgan fingerprint density at radius 2 is 1.87 bits per heavy atom. The van der Waals surface area contributed by atoms with Gasteiger partial charge in [-0.15, -0.1) is 0 Å². The summed E-state index contributed by atoms with van der Waals surface area (Å²) in [4.78, 5) is 21.9. The number of carbonyl (C=O) groups excluding carboxylic acids is 1. The molecular formula is C24H25N3O3. The van der Waals surface area contributed by atoms with Crippen LogP contribution >= 0.6 is 0 Å². The van der Waals surface area contributed by atoms with Gasteiger partial charge in [0.05, 0.1) is 13.2 Å². The highest BCUT2D eigenvalue weighted by Gasteiger charge is 2.23. The highest BCUT2D eigenvalue weighted by molar-refractivity contribution is 5.96. The van der Waals surface area contributed by atoms with Crippen molar-refractivity contribution in [3.63, 3.8) is 0 Å². The molecule has 6 nitrogen and oxygen atoms in total. The van der Waals surface area contributed by atoms with Gasteiger partial charge in [0.25, 0.3) is 5.91 Å². The van der Waals surface area contributed by atoms with Crippen molar-refractivity contribution in [3.8, 4) is 5.75 Å². The lowest BCUT2D eigenvalue weighted by Gasteiger charge is -2.29. The van der Waals surface area contributed by atoms with E-state index in [-0.39, 0.29) is 12.5 Å². The van der Waals surface area contributed by atoms with E-state index in [0.717, 1.165) is 54.9 Å². The number of amides is 1. The average molecular weight is 403 g/mol. The maximum absolute atomic E-state index is 12.9. The number of pyridine rings is 1. The molecule has 154 valence electrons. The van der Waals surface area contributed by atoms with Crippen LogP contribution in [0.25, 0.3) is 10.9 Å². The molecule has 1 saturated heterocycles. The Bertz CT molecular complexity index is 1060. The summed E-state index contributed by atoms with van der Waals surface area (Å²) >= 11 is 0. The topological polar surface area (TPSA) is 54.9 Å². The largest absolute Gasteiger partial charge is 0.481 e. The van der Waals surface area contributed by atoms with Gasteiger partial charge in [0, 0.05) is 30.7 Å². The number of rotatable bonds is 4. The van der Waals surface area contributed by atoms with Gasteiger partial charge in [-0.1, -0.05) is 30.3 Å². The van der Waals surface area contributed by atoms with Gasteiger partial charge in [0.2, 0.25) is 0 Å². The van der Waals surface area contributed by atoms with E-state index < -0.39 is 0 Å². The minimum atomic E-state index is -0.0245. The molecule has 0 spiro atoms. The highest BCUT2D eigenvalue weighted by atomic mass is 16.5. The zero-order chi connectivity index (χ0) is 20.3. The van der Waals surface area contributed by atoms with Crippen molar-refractivity contribution in [3.05, 3.63) is 60.2 Å². The SMILES string of the molecule is O=C(COc1cccc2ccc(N3CCOCC3)nc12)N1CCCc2ccccc21. The normalized spacial score (nSPS) is 16.4. The fourth-order valence-corrected chi connectivity index (χ4v) is 4.20. The van der Waals surface area contributed by atoms with E-state index in [2.05, 4.69) is 17.0 Å². The first-order valence-corrected chi connectivity index (χ1v) is 10.5. The third-order valence-electron chi connectivity index (χ3n) is 5.77. The fraction of sp³-hybridized carbons (Fsp3) is 0.333. The second-order valence-corrected chi connectivity index (χ2v) is 7.66. The molecule has 5 rings (SSSR count). The summed E-state index contributed by atoms with van der Waals surface area (Å²) in [5, 5.41) is 1.00. The van der Waals surface area contributed by atoms with Crippen LogP contribution in [0.3, 0.4) is 0 Å². The van der Waals surface area contributed by atoms with Crippen molar-refractivity contribution in [2.24, 2.45) is 0 Å². The van der Waals surface area contributed by atoms with E-state index in [0.29, 0.717) is 19.0 Å². The molecule has 0 aliphatic carbocycles. The third-order valence-corrected chi connectivity index (χ3v) is 5.77. The van der Waals surface area contributed by atoms with Crippen LogP contribution < -0.4 is 14.5 Å². The quantitative estimate of drug-likeness (QED) is 0.668. The number of aryl methyl sites for hydroxylation is 1. The zero-order valence-electron chi connectivity index (χ0n) is 16.9. The lowest BCUT2D eigenvalue weighted by Crippen LogP contribution is -2.38. The van der Waals surface area contributed by atoms with Gasteiger partial charge in [-0.05, 0) is 42.7 Å². The minimum absolute atomic E-state index is 0.00307. The van der Waals surface area contributed by atoms with Crippen molar-refractivity contribution in [1.82, 2.24) is 4.98 Å². The Hall–Kier alpha value is -3.12. The number of benzene rings is 2. The summed E-state index contributed by atoms with van der Waals surface area (Å²) < 4.78 is 11.4. The van der Waals surface area contributed by atoms with Gasteiger partial charge < -0.3 is 19.3 Å². The van der Waals surface area contributed by atoms with Crippen molar-refractivity contribution in [2.75, 3.05) is 49.3 Å². The minimum Gasteiger partial charge on any atom is -0.481 e. The fourth-order valence-electron chi connectivity index (χ4n) is 4.20. The summed E-state index contributed by atoms with van der Waals surface area (Å²) in [5.74, 6) is 1.53. The second kappa shape index (κ2) is 8.32. The number of hydrogen-bond acceptors (Lipinski definition) is 5. The molecule has 0 bridgehead atoms. The van der Waals surface area contributed by atoms with Crippen LogP contribution in [0, 0.1) is 0 Å². The monoisotopic (exact) mass is 403 g/mol. The average Bonchev–Trinajstić information content (AvgIpc) is 2.82. The van der Waals surface area contributed by atoms with Crippen LogP contribution in [-0.2, 0) is 16.0 Å². The molecule has 0 N–H and O–H groups in total. The summed E-state index contributed by atoms with van der Waals surface area (Å²) in [7, 11) is 0. The van der Waals surface area contributed by atoms with Gasteiger partial charge in [0.1, 0.15) is 17.1 Å². The number of hydrogen-bond donors (Lipinski definition) is 0. The second-order valence-electron chi connectivity index (χ2n) is 7.66. The van der Waals surface area contributed by atoms with Gasteiger partial charge >= 0.3 is 0 Å². The van der Waals surface area contributed by atoms with Crippen molar-refractivity contribution < 1.29 is 14.3 Å². The van der Waals surface area contributed by atoms with Gasteiger partial charge in [-0.3, -0.25) is 4.79 Å². The van der Waals surface area contributed by atoms with Crippen LogP contribution in [-0.4, -0.2) is 50.3 Å². The molecule has 0 saturated carbocycles. The molecule has 3 aromatic rings. The Morgan fingerprint density at radius 1 is 1.00 bits per heavy atom. The molecule has 1 fully saturated rings. The summed E-state index contributed by atoms with van der Waals surface area (Å²) in [6.45, 7) is 3.81. The Labute approximate surface area is 176 Å². The number of anilines is 2. The summed E-state index contributed by atoms with van der Waals surface area (Å²) in [6.07, 6.45) is 1.99. The van der Waals surface area contributed by atoms with Crippen LogP contribution in [0.15, 0.2) is 54.6 Å². The number of fused-ring (bicyclic) bond motifs is 2. The summed E-state index contributed by atoms with van der Waals surface area (Å²) in [6, 6.07) is 18.0. The Morgan fingerprint density at radius 3 is 2.77 bits per heavy atom. The smallest absolute Gasteiger partial charge is 0.264 e. The molecule has 0 unspecified atom stereocenters. The molecule has 2 aliphatic rings. The lowest BCUT2D eigenvalue weighted by atomic mass is 10.0. The number of para-hydroxylation sites is 2. The molecule has 6 heteroatoms. The third kappa shape index (κ3) is 3.71. The first-order chi connectivity index (χ1) is 14.8. The molecule has 2 aliphatic heterocycles. The molecule has 0 radical (unpaired) electrons. The Kier molecular flexibility index (Phi) is 5.24. The van der Waals surface area contributed by atoms with E-state index in [1.54, 1.807) is 0 Å². The standard InChI is InChI=1S/C24H25N3O3/c28-23(27-12-4-7-18-5-1-2-8-20(18)27)17-30-21-9-3-6-19-10-11-22(25-24(19)21)26-13-15-29-16-14-26/h1-3,5-6,8-11H,4,7,12-17H2. The molecule has 0 atom stereocenters. The number of morpholine rings is 1. The van der Waals surface area contributed by atoms with Crippen molar-refractivity contribution in [1.29, 1.82) is 0 Å². The van der Waals surface area contributed by atoms with Crippen LogP contribution in [0.1, 0.15) is 12.0 Å². The predicted octanol–water partition coefficient (Wildman–Crippen LogP) is 3.43. The van der Waals surface area contributed by atoms with E-state index >= 15 is 0 Å². The van der Waals surface area contributed by atoms with Crippen LogP contribution in [0.5, 0.6) is 5.75 Å². The van der Waals surface area contributed by atoms with E-state index in [1.165, 1.54) is 5.56 Å². The number of aromatic nitrogens is 1. The molecule has 3 heterocycles. The van der Waals surface area contributed by atoms with E-state index in [1.807, 2.05) is 47.4 Å². The number of carbonyl (C=O) groups is 1. The summed E-state index contributed by atoms with van der Waals surface area (Å²) in [5.41, 5.74) is 3.01. The number of ether oxygens (including phenoxy) is 2. The molecule has 1 amide bonds. The van der Waals surface area contributed by atoms with E-state index in [9.17, 15) is 4.79 Å². The Balaban J connectivity index is 1.36. The van der Waals surface area contributed by atoms with Crippen molar-refractivity contribution in [2.45, 2.75) is 12.8 Å². The maximum Gasteiger partial charge on any atom is 0.264 e. The zero-order valence-corrected chi connectivity index (χ0v) is 16.9. The van der Waals surface area contributed by atoms with Crippen molar-refractivity contribution >= 4 is 28.3 Å². The molecular weight excluding hydrogens is 378 g/mol. The van der Waals surface area contributed by atoms with E-state index in [4.69, 9.17) is 14.5 Å². The highest BCUT2D eigenvalue weighted by Crippen LogP contribution is 2.29. The maximum atomic E-state index is 12.9. The lowest BCUT2D eigenvalue weighted by molar-refractivity contribution is -0.120. The van der Waals surface area contributed by atoms with Crippen LogP contribution in [0.2, 0.25) is 0 Å². The predicted molar refractivity (Wildman–Crippen MR) is 117 cm³/mol. The van der Waals surface area contributed by atoms with Gasteiger partial charge in [0.15, 0.2) is 6.61 Å². The first-order valence-electron chi connectivity index (χ1n) is 10.5. The molecule has 1 aromatic heterocycles.